The SMILES string of the molecule is CCCCCCCCCCCCCCCCCC(=O)NC(C)(CCC)[N+](C)(C)O.O=[N+]([O-])[O-]. The predicted molar refractivity (Wildman–Crippen MR) is 135 cm³/mol. The average molecular weight is 476 g/mol. The minimum atomic E-state index is -1.75. The van der Waals surface area contributed by atoms with Gasteiger partial charge in [0, 0.05) is 19.8 Å². The molecule has 0 aliphatic heterocycles. The summed E-state index contributed by atoms with van der Waals surface area (Å²) in [6.07, 6.45) is 22.3. The van der Waals surface area contributed by atoms with E-state index in [0.29, 0.717) is 6.42 Å². The minimum Gasteiger partial charge on any atom is -0.356 e. The standard InChI is InChI=1S/C25H52N2O2.NO3/c1-6-8-9-10-11-12-13-14-15-16-17-18-19-20-21-22-24(28)26-25(3,23-7-2)27(4,5)29;2-1(3)4/h29H,6-23H2,1-5H3;/q;-1/p+1. The van der Waals surface area contributed by atoms with Crippen molar-refractivity contribution >= 4 is 5.91 Å². The summed E-state index contributed by atoms with van der Waals surface area (Å²) < 4.78 is -0.231. The highest BCUT2D eigenvalue weighted by Crippen LogP contribution is 2.21. The van der Waals surface area contributed by atoms with Crippen LogP contribution >= 0.6 is 0 Å². The van der Waals surface area contributed by atoms with Gasteiger partial charge >= 0.3 is 0 Å². The van der Waals surface area contributed by atoms with Gasteiger partial charge in [0.05, 0.1) is 5.09 Å². The van der Waals surface area contributed by atoms with E-state index in [9.17, 15) is 10.0 Å². The van der Waals surface area contributed by atoms with E-state index in [1.165, 1.54) is 83.5 Å². The third-order valence-electron chi connectivity index (χ3n) is 6.36. The molecular formula is C25H53N3O5. The van der Waals surface area contributed by atoms with E-state index in [4.69, 9.17) is 15.3 Å². The second kappa shape index (κ2) is 21.1. The van der Waals surface area contributed by atoms with Crippen LogP contribution in [-0.4, -0.2) is 40.6 Å². The molecule has 8 nitrogen and oxygen atoms in total. The number of quaternary nitrogens is 1. The molecule has 0 fully saturated rings. The second-order valence-corrected chi connectivity index (χ2v) is 9.89. The lowest BCUT2D eigenvalue weighted by Crippen LogP contribution is -2.65. The Hall–Kier alpha value is -1.41. The van der Waals surface area contributed by atoms with E-state index in [0.717, 1.165) is 25.7 Å². The molecule has 0 aromatic carbocycles. The van der Waals surface area contributed by atoms with E-state index in [1.54, 1.807) is 14.1 Å². The molecule has 0 spiro atoms. The summed E-state index contributed by atoms with van der Waals surface area (Å²) in [5, 5.41) is 28.2. The van der Waals surface area contributed by atoms with Crippen molar-refractivity contribution < 1.29 is 19.7 Å². The Morgan fingerprint density at radius 3 is 1.42 bits per heavy atom. The number of nitrogens with zero attached hydrogens (tertiary/aromatic N) is 2. The number of rotatable bonds is 20. The van der Waals surface area contributed by atoms with Gasteiger partial charge in [-0.2, -0.15) is 4.65 Å². The fourth-order valence-electron chi connectivity index (χ4n) is 3.98. The van der Waals surface area contributed by atoms with Gasteiger partial charge in [0.1, 0.15) is 14.1 Å². The van der Waals surface area contributed by atoms with Gasteiger partial charge in [0.2, 0.25) is 11.6 Å². The maximum atomic E-state index is 12.3. The predicted octanol–water partition coefficient (Wildman–Crippen LogP) is 7.11. The summed E-state index contributed by atoms with van der Waals surface area (Å²) in [6.45, 7) is 6.29. The first-order valence-corrected chi connectivity index (χ1v) is 13.2. The second-order valence-electron chi connectivity index (χ2n) is 9.89. The summed E-state index contributed by atoms with van der Waals surface area (Å²) in [6, 6.07) is 0. The monoisotopic (exact) mass is 475 g/mol. The van der Waals surface area contributed by atoms with Gasteiger partial charge in [-0.1, -0.05) is 104 Å². The van der Waals surface area contributed by atoms with E-state index in [-0.39, 0.29) is 10.6 Å². The normalized spacial score (nSPS) is 13.0. The number of unbranched alkanes of at least 4 members (excludes halogenated alkanes) is 14. The number of hydrogen-bond donors (Lipinski definition) is 2. The molecule has 0 radical (unpaired) electrons. The first-order chi connectivity index (χ1) is 15.5. The van der Waals surface area contributed by atoms with Crippen molar-refractivity contribution in [2.24, 2.45) is 0 Å². The van der Waals surface area contributed by atoms with Gasteiger partial charge in [-0.3, -0.25) is 4.79 Å². The molecule has 0 saturated heterocycles. The topological polar surface area (TPSA) is 116 Å². The molecule has 33 heavy (non-hydrogen) atoms. The molecule has 0 aromatic rings. The number of nitrogens with one attached hydrogen (secondary N) is 1. The number of carbonyl (C=O) groups excluding carboxylic acids is 1. The number of hydrogen-bond acceptors (Lipinski definition) is 5. The highest BCUT2D eigenvalue weighted by Gasteiger charge is 2.41. The molecule has 2 N–H and O–H groups in total. The number of hydroxylamine groups is 3. The van der Waals surface area contributed by atoms with Crippen molar-refractivity contribution in [1.29, 1.82) is 0 Å². The lowest BCUT2D eigenvalue weighted by molar-refractivity contribution is -1.11. The van der Waals surface area contributed by atoms with Gasteiger partial charge in [0.25, 0.3) is 0 Å². The molecule has 0 aromatic heterocycles. The van der Waals surface area contributed by atoms with Crippen molar-refractivity contribution in [3.8, 4) is 0 Å². The Balaban J connectivity index is 0. The van der Waals surface area contributed by atoms with E-state index in [1.807, 2.05) is 6.92 Å². The van der Waals surface area contributed by atoms with E-state index >= 15 is 0 Å². The summed E-state index contributed by atoms with van der Waals surface area (Å²) in [4.78, 5) is 20.5. The van der Waals surface area contributed by atoms with Crippen LogP contribution in [0.5, 0.6) is 0 Å². The molecule has 198 valence electrons. The first-order valence-electron chi connectivity index (χ1n) is 13.2. The van der Waals surface area contributed by atoms with Gasteiger partial charge in [0.15, 0.2) is 0 Å². The molecule has 0 heterocycles. The molecular weight excluding hydrogens is 422 g/mol. The third-order valence-corrected chi connectivity index (χ3v) is 6.36. The van der Waals surface area contributed by atoms with Crippen LogP contribution < -0.4 is 5.32 Å². The zero-order valence-electron chi connectivity index (χ0n) is 22.2. The van der Waals surface area contributed by atoms with Crippen molar-refractivity contribution in [2.45, 2.75) is 142 Å². The molecule has 1 atom stereocenters. The molecule has 0 bridgehead atoms. The molecule has 1 amide bonds. The minimum absolute atomic E-state index is 0.0656. The Morgan fingerprint density at radius 1 is 0.788 bits per heavy atom. The smallest absolute Gasteiger partial charge is 0.224 e. The van der Waals surface area contributed by atoms with Crippen LogP contribution in [0.1, 0.15) is 136 Å². The van der Waals surface area contributed by atoms with E-state index in [2.05, 4.69) is 19.2 Å². The Morgan fingerprint density at radius 2 is 1.12 bits per heavy atom. The van der Waals surface area contributed by atoms with E-state index < -0.39 is 10.7 Å². The van der Waals surface area contributed by atoms with Gasteiger partial charge in [-0.25, -0.2) is 5.21 Å². The van der Waals surface area contributed by atoms with Crippen molar-refractivity contribution in [1.82, 2.24) is 5.32 Å². The molecule has 8 heteroatoms. The first kappa shape index (κ1) is 33.8. The quantitative estimate of drug-likeness (QED) is 0.0640. The summed E-state index contributed by atoms with van der Waals surface area (Å²) >= 11 is 0. The van der Waals surface area contributed by atoms with Crippen molar-refractivity contribution in [3.63, 3.8) is 0 Å². The average Bonchev–Trinajstić information content (AvgIpc) is 2.69. The highest BCUT2D eigenvalue weighted by molar-refractivity contribution is 5.76. The summed E-state index contributed by atoms with van der Waals surface area (Å²) in [5.41, 5.74) is -0.610. The fraction of sp³-hybridized carbons (Fsp3) is 0.960. The van der Waals surface area contributed by atoms with Crippen LogP contribution in [0.4, 0.5) is 0 Å². The number of amides is 1. The van der Waals surface area contributed by atoms with Crippen molar-refractivity contribution in [2.75, 3.05) is 14.1 Å². The molecule has 0 aliphatic rings. The van der Waals surface area contributed by atoms with Gasteiger partial charge < -0.3 is 20.6 Å². The van der Waals surface area contributed by atoms with Crippen LogP contribution in [0.25, 0.3) is 0 Å². The molecule has 0 rings (SSSR count). The maximum Gasteiger partial charge on any atom is 0.224 e. The Kier molecular flexibility index (Phi) is 21.6. The number of carbonyl (C=O) groups is 1. The fourth-order valence-corrected chi connectivity index (χ4v) is 3.98. The zero-order chi connectivity index (χ0) is 25.6. The van der Waals surface area contributed by atoms with Crippen LogP contribution in [0.2, 0.25) is 0 Å². The lowest BCUT2D eigenvalue weighted by Gasteiger charge is -2.40. The van der Waals surface area contributed by atoms with Crippen LogP contribution in [0.15, 0.2) is 0 Å². The lowest BCUT2D eigenvalue weighted by atomic mass is 10.0. The van der Waals surface area contributed by atoms with Crippen molar-refractivity contribution in [3.05, 3.63) is 15.3 Å². The summed E-state index contributed by atoms with van der Waals surface area (Å²) in [5.74, 6) is 0.0656. The van der Waals surface area contributed by atoms with Crippen LogP contribution in [-0.2, 0) is 4.79 Å². The van der Waals surface area contributed by atoms with Gasteiger partial charge in [-0.15, -0.1) is 0 Å². The van der Waals surface area contributed by atoms with Crippen LogP contribution in [0, 0.1) is 15.3 Å². The van der Waals surface area contributed by atoms with Crippen LogP contribution in [0.3, 0.4) is 0 Å². The zero-order valence-corrected chi connectivity index (χ0v) is 22.2. The highest BCUT2D eigenvalue weighted by atomic mass is 16.9. The largest absolute Gasteiger partial charge is 0.356 e. The Labute approximate surface area is 202 Å². The van der Waals surface area contributed by atoms with Gasteiger partial charge in [-0.05, 0) is 12.8 Å². The molecule has 0 aliphatic carbocycles. The molecule has 0 saturated carbocycles. The third kappa shape index (κ3) is 22.2. The molecule has 1 unspecified atom stereocenters. The summed E-state index contributed by atoms with van der Waals surface area (Å²) in [7, 11) is 3.45. The Bertz CT molecular complexity index is 479. The maximum absolute atomic E-state index is 12.3.